The molecule has 0 saturated heterocycles. The van der Waals surface area contributed by atoms with Crippen LogP contribution in [0.3, 0.4) is 0 Å². The first-order valence-corrected chi connectivity index (χ1v) is 12.9. The Balaban J connectivity index is 1.89. The molecule has 3 N–H and O–H groups in total. The number of thioether (sulfide) groups is 1. The van der Waals surface area contributed by atoms with Gasteiger partial charge in [-0.1, -0.05) is 46.4 Å². The molecule has 2 aromatic rings. The van der Waals surface area contributed by atoms with Crippen LogP contribution in [0.25, 0.3) is 0 Å². The number of thiophene rings is 1. The average Bonchev–Trinajstić information content (AvgIpc) is 3.18. The largest absolute Gasteiger partial charge is 0.511 e. The fourth-order valence-electron chi connectivity index (χ4n) is 4.03. The highest BCUT2D eigenvalue weighted by atomic mass is 32.2. The number of aliphatic hydroxyl groups is 2. The lowest BCUT2D eigenvalue weighted by Gasteiger charge is -2.40. The highest BCUT2D eigenvalue weighted by Gasteiger charge is 2.44. The van der Waals surface area contributed by atoms with Crippen LogP contribution in [0.1, 0.15) is 68.3 Å². The molecule has 1 unspecified atom stereocenters. The molecule has 0 spiro atoms. The second kappa shape index (κ2) is 9.72. The minimum absolute atomic E-state index is 0.0202. The van der Waals surface area contributed by atoms with Gasteiger partial charge in [0.2, 0.25) is 0 Å². The van der Waals surface area contributed by atoms with E-state index in [9.17, 15) is 20.1 Å². The van der Waals surface area contributed by atoms with Gasteiger partial charge >= 0.3 is 5.97 Å². The lowest BCUT2D eigenvalue weighted by molar-refractivity contribution is -0.164. The number of phenolic OH excluding ortho intramolecular Hbond substituents is 1. The number of carbonyl (C=O) groups excluding carboxylic acids is 1. The SMILES string of the molecule is Cc1cc(SC2=C(O)CC(CCc3ccc(CO)s3)(C(C)C)OC2=O)c(C(C)(C)C)cc1O. The molecule has 5 nitrogen and oxygen atoms in total. The van der Waals surface area contributed by atoms with E-state index in [0.717, 1.165) is 20.2 Å². The van der Waals surface area contributed by atoms with E-state index in [1.54, 1.807) is 17.4 Å². The molecule has 1 aromatic heterocycles. The number of cyclic esters (lactones) is 1. The number of aliphatic hydroxyl groups excluding tert-OH is 2. The smallest absolute Gasteiger partial charge is 0.349 e. The van der Waals surface area contributed by atoms with Gasteiger partial charge in [0.25, 0.3) is 0 Å². The van der Waals surface area contributed by atoms with Crippen LogP contribution in [-0.2, 0) is 28.0 Å². The van der Waals surface area contributed by atoms with E-state index in [0.29, 0.717) is 18.4 Å². The van der Waals surface area contributed by atoms with E-state index in [2.05, 4.69) is 0 Å². The molecule has 180 valence electrons. The molecule has 0 radical (unpaired) electrons. The van der Waals surface area contributed by atoms with E-state index in [-0.39, 0.29) is 40.8 Å². The summed E-state index contributed by atoms with van der Waals surface area (Å²) in [4.78, 5) is 16.2. The highest BCUT2D eigenvalue weighted by molar-refractivity contribution is 8.04. The lowest BCUT2D eigenvalue weighted by atomic mass is 9.80. The topological polar surface area (TPSA) is 87.0 Å². The number of ether oxygens (including phenoxy) is 1. The monoisotopic (exact) mass is 490 g/mol. The van der Waals surface area contributed by atoms with Crippen molar-refractivity contribution in [2.45, 2.75) is 83.3 Å². The Morgan fingerprint density at radius 3 is 2.39 bits per heavy atom. The van der Waals surface area contributed by atoms with Crippen LogP contribution in [0.15, 0.2) is 39.8 Å². The van der Waals surface area contributed by atoms with Gasteiger partial charge < -0.3 is 20.1 Å². The third-order valence-corrected chi connectivity index (χ3v) is 8.54. The van der Waals surface area contributed by atoms with E-state index in [1.807, 2.05) is 59.7 Å². The summed E-state index contributed by atoms with van der Waals surface area (Å²) in [5.74, 6) is -0.220. The average molecular weight is 491 g/mol. The summed E-state index contributed by atoms with van der Waals surface area (Å²) in [5.41, 5.74) is 0.580. The van der Waals surface area contributed by atoms with Crippen LogP contribution < -0.4 is 0 Å². The fraction of sp³-hybridized carbons (Fsp3) is 0.500. The molecule has 1 aliphatic rings. The zero-order chi connectivity index (χ0) is 24.6. The number of esters is 1. The number of aryl methyl sites for hydroxylation is 2. The second-order valence-corrected chi connectivity index (χ2v) is 12.4. The van der Waals surface area contributed by atoms with Gasteiger partial charge in [-0.05, 0) is 66.5 Å². The van der Waals surface area contributed by atoms with Crippen molar-refractivity contribution in [2.24, 2.45) is 5.92 Å². The Hall–Kier alpha value is -1.96. The standard InChI is InChI=1S/C26H34O5S2/c1-15(2)26(10-9-17-7-8-18(14-27)32-17)13-21(29)23(24(30)31-26)33-22-11-16(3)20(28)12-19(22)25(4,5)6/h7-8,11-12,15,27-29H,9-10,13-14H2,1-6H3. The number of aromatic hydroxyl groups is 1. The van der Waals surface area contributed by atoms with Gasteiger partial charge in [-0.25, -0.2) is 4.79 Å². The molecule has 0 aliphatic carbocycles. The first kappa shape index (κ1) is 25.7. The predicted molar refractivity (Wildman–Crippen MR) is 134 cm³/mol. The molecule has 33 heavy (non-hydrogen) atoms. The summed E-state index contributed by atoms with van der Waals surface area (Å²) in [6.45, 7) is 12.0. The highest BCUT2D eigenvalue weighted by Crippen LogP contribution is 2.46. The molecule has 3 rings (SSSR count). The summed E-state index contributed by atoms with van der Waals surface area (Å²) in [7, 11) is 0. The number of hydrogen-bond donors (Lipinski definition) is 3. The van der Waals surface area contributed by atoms with E-state index in [1.165, 1.54) is 11.8 Å². The minimum Gasteiger partial charge on any atom is -0.511 e. The zero-order valence-corrected chi connectivity index (χ0v) is 21.8. The number of rotatable bonds is 7. The fourth-order valence-corrected chi connectivity index (χ4v) is 6.15. The Kier molecular flexibility index (Phi) is 7.56. The molecule has 0 fully saturated rings. The van der Waals surface area contributed by atoms with Crippen LogP contribution in [0.2, 0.25) is 0 Å². The summed E-state index contributed by atoms with van der Waals surface area (Å²) >= 11 is 2.76. The maximum absolute atomic E-state index is 13.2. The van der Waals surface area contributed by atoms with Crippen LogP contribution in [0, 0.1) is 12.8 Å². The van der Waals surface area contributed by atoms with Crippen molar-refractivity contribution >= 4 is 29.1 Å². The van der Waals surface area contributed by atoms with E-state index >= 15 is 0 Å². The van der Waals surface area contributed by atoms with Crippen LogP contribution in [0.5, 0.6) is 5.75 Å². The van der Waals surface area contributed by atoms with Crippen molar-refractivity contribution < 1.29 is 24.9 Å². The van der Waals surface area contributed by atoms with Gasteiger partial charge in [0.15, 0.2) is 0 Å². The van der Waals surface area contributed by atoms with Gasteiger partial charge in [0.05, 0.1) is 6.61 Å². The van der Waals surface area contributed by atoms with Crippen molar-refractivity contribution in [1.29, 1.82) is 0 Å². The molecule has 0 saturated carbocycles. The van der Waals surface area contributed by atoms with Crippen LogP contribution in [-0.4, -0.2) is 26.9 Å². The maximum atomic E-state index is 13.2. The first-order chi connectivity index (χ1) is 15.4. The van der Waals surface area contributed by atoms with Crippen LogP contribution >= 0.6 is 23.1 Å². The number of benzene rings is 1. The first-order valence-electron chi connectivity index (χ1n) is 11.2. The van der Waals surface area contributed by atoms with Crippen molar-refractivity contribution in [2.75, 3.05) is 0 Å². The molecule has 1 aliphatic heterocycles. The molecule has 7 heteroatoms. The van der Waals surface area contributed by atoms with E-state index in [4.69, 9.17) is 4.74 Å². The Bertz CT molecular complexity index is 1060. The summed E-state index contributed by atoms with van der Waals surface area (Å²) < 4.78 is 6.05. The Morgan fingerprint density at radius 2 is 1.85 bits per heavy atom. The van der Waals surface area contributed by atoms with Gasteiger partial charge in [-0.2, -0.15) is 0 Å². The van der Waals surface area contributed by atoms with Crippen molar-refractivity contribution in [1.82, 2.24) is 0 Å². The molecular formula is C26H34O5S2. The molecular weight excluding hydrogens is 456 g/mol. The normalized spacial score (nSPS) is 19.3. The Morgan fingerprint density at radius 1 is 1.18 bits per heavy atom. The predicted octanol–water partition coefficient (Wildman–Crippen LogP) is 6.39. The van der Waals surface area contributed by atoms with Crippen molar-refractivity contribution in [3.63, 3.8) is 0 Å². The van der Waals surface area contributed by atoms with Gasteiger partial charge in [-0.3, -0.25) is 0 Å². The van der Waals surface area contributed by atoms with Gasteiger partial charge in [-0.15, -0.1) is 11.3 Å². The third-order valence-electron chi connectivity index (χ3n) is 6.25. The Labute approximate surface area is 204 Å². The van der Waals surface area contributed by atoms with Gasteiger partial charge in [0, 0.05) is 21.1 Å². The summed E-state index contributed by atoms with van der Waals surface area (Å²) in [6, 6.07) is 7.50. The summed E-state index contributed by atoms with van der Waals surface area (Å²) in [5, 5.41) is 30.6. The summed E-state index contributed by atoms with van der Waals surface area (Å²) in [6.07, 6.45) is 1.56. The number of carbonyl (C=O) groups is 1. The van der Waals surface area contributed by atoms with Gasteiger partial charge in [0.1, 0.15) is 22.0 Å². The van der Waals surface area contributed by atoms with Crippen LogP contribution in [0.4, 0.5) is 0 Å². The molecule has 0 bridgehead atoms. The number of hydrogen-bond acceptors (Lipinski definition) is 7. The quantitative estimate of drug-likeness (QED) is 0.390. The number of phenols is 1. The minimum atomic E-state index is -0.785. The molecule has 1 atom stereocenters. The lowest BCUT2D eigenvalue weighted by Crippen LogP contribution is -2.44. The maximum Gasteiger partial charge on any atom is 0.349 e. The second-order valence-electron chi connectivity index (χ2n) is 10.1. The zero-order valence-electron chi connectivity index (χ0n) is 20.2. The third kappa shape index (κ3) is 5.58. The van der Waals surface area contributed by atoms with E-state index < -0.39 is 11.6 Å². The van der Waals surface area contributed by atoms with Crippen molar-refractivity contribution in [3.8, 4) is 5.75 Å². The van der Waals surface area contributed by atoms with Crippen molar-refractivity contribution in [3.05, 3.63) is 55.8 Å². The molecule has 1 aromatic carbocycles. The molecule has 2 heterocycles. The molecule has 0 amide bonds.